The van der Waals surface area contributed by atoms with Crippen LogP contribution < -0.4 is 5.73 Å². The highest BCUT2D eigenvalue weighted by Gasteiger charge is 2.38. The predicted molar refractivity (Wildman–Crippen MR) is 69.0 cm³/mol. The lowest BCUT2D eigenvalue weighted by Crippen LogP contribution is -2.46. The van der Waals surface area contributed by atoms with Gasteiger partial charge in [0, 0.05) is 19.6 Å². The number of rotatable bonds is 1. The summed E-state index contributed by atoms with van der Waals surface area (Å²) >= 11 is 0. The molecule has 1 saturated heterocycles. The molecule has 18 heavy (non-hydrogen) atoms. The molecule has 1 aliphatic carbocycles. The Morgan fingerprint density at radius 2 is 2.17 bits per heavy atom. The molecule has 1 saturated carbocycles. The fraction of sp³-hybridized carbons (Fsp3) is 0.692. The van der Waals surface area contributed by atoms with Crippen molar-refractivity contribution < 1.29 is 4.79 Å². The van der Waals surface area contributed by atoms with E-state index in [1.165, 1.54) is 19.3 Å². The molecular weight excluding hydrogens is 228 g/mol. The van der Waals surface area contributed by atoms with Crippen molar-refractivity contribution in [3.05, 3.63) is 11.8 Å². The number of amides is 1. The number of carbonyl (C=O) groups is 1. The summed E-state index contributed by atoms with van der Waals surface area (Å²) in [4.78, 5) is 14.6. The largest absolute Gasteiger partial charge is 0.383 e. The maximum atomic E-state index is 12.6. The number of nitrogens with zero attached hydrogens (tertiary/aromatic N) is 3. The normalized spacial score (nSPS) is 27.3. The van der Waals surface area contributed by atoms with Crippen LogP contribution in [0.1, 0.15) is 42.5 Å². The first-order valence-electron chi connectivity index (χ1n) is 6.77. The minimum Gasteiger partial charge on any atom is -0.383 e. The number of aromatic nitrogens is 2. The van der Waals surface area contributed by atoms with Crippen molar-refractivity contribution in [2.45, 2.75) is 38.1 Å². The highest BCUT2D eigenvalue weighted by atomic mass is 16.2. The second kappa shape index (κ2) is 4.30. The van der Waals surface area contributed by atoms with Crippen LogP contribution in [0, 0.1) is 5.92 Å². The molecule has 1 aliphatic heterocycles. The van der Waals surface area contributed by atoms with Gasteiger partial charge in [-0.3, -0.25) is 9.48 Å². The molecule has 1 aromatic heterocycles. The van der Waals surface area contributed by atoms with Gasteiger partial charge in [-0.1, -0.05) is 6.42 Å². The number of piperidine rings is 1. The van der Waals surface area contributed by atoms with Gasteiger partial charge in [-0.05, 0) is 31.6 Å². The molecule has 5 nitrogen and oxygen atoms in total. The van der Waals surface area contributed by atoms with E-state index in [1.54, 1.807) is 17.9 Å². The standard InChI is InChI=1S/C13H20N4O/c1-16-12(14)10(8-15-16)13(18)17-7-3-5-9-4-2-6-11(9)17/h8-9,11H,2-7,14H2,1H3. The van der Waals surface area contributed by atoms with Crippen molar-refractivity contribution in [1.82, 2.24) is 14.7 Å². The Hall–Kier alpha value is -1.52. The van der Waals surface area contributed by atoms with E-state index < -0.39 is 0 Å². The number of anilines is 1. The number of likely N-dealkylation sites (tertiary alicyclic amines) is 1. The topological polar surface area (TPSA) is 64.2 Å². The van der Waals surface area contributed by atoms with E-state index in [0.717, 1.165) is 19.4 Å². The second-order valence-electron chi connectivity index (χ2n) is 5.47. The molecule has 3 rings (SSSR count). The summed E-state index contributed by atoms with van der Waals surface area (Å²) in [6, 6.07) is 0.436. The van der Waals surface area contributed by atoms with Crippen LogP contribution in [0.4, 0.5) is 5.82 Å². The van der Waals surface area contributed by atoms with Gasteiger partial charge in [-0.25, -0.2) is 0 Å². The molecule has 2 N–H and O–H groups in total. The zero-order valence-electron chi connectivity index (χ0n) is 10.8. The second-order valence-corrected chi connectivity index (χ2v) is 5.47. The van der Waals surface area contributed by atoms with Crippen LogP contribution in [0.3, 0.4) is 0 Å². The van der Waals surface area contributed by atoms with Crippen molar-refractivity contribution in [2.75, 3.05) is 12.3 Å². The van der Waals surface area contributed by atoms with Gasteiger partial charge in [0.2, 0.25) is 0 Å². The van der Waals surface area contributed by atoms with Crippen LogP contribution >= 0.6 is 0 Å². The Kier molecular flexibility index (Phi) is 2.76. The fourth-order valence-electron chi connectivity index (χ4n) is 3.47. The first kappa shape index (κ1) is 11.6. The first-order valence-corrected chi connectivity index (χ1v) is 6.77. The lowest BCUT2D eigenvalue weighted by molar-refractivity contribution is 0.0549. The number of aryl methyl sites for hydroxylation is 1. The minimum atomic E-state index is 0.0669. The summed E-state index contributed by atoms with van der Waals surface area (Å²) in [6.45, 7) is 0.869. The van der Waals surface area contributed by atoms with Gasteiger partial charge in [-0.2, -0.15) is 5.10 Å². The lowest BCUT2D eigenvalue weighted by atomic mass is 9.91. The van der Waals surface area contributed by atoms with Crippen LogP contribution in [0.25, 0.3) is 0 Å². The Morgan fingerprint density at radius 1 is 1.39 bits per heavy atom. The summed E-state index contributed by atoms with van der Waals surface area (Å²) < 4.78 is 1.56. The SMILES string of the molecule is Cn1ncc(C(=O)N2CCCC3CCCC32)c1N. The minimum absolute atomic E-state index is 0.0669. The van der Waals surface area contributed by atoms with Crippen molar-refractivity contribution in [1.29, 1.82) is 0 Å². The molecule has 1 aromatic rings. The molecule has 0 bridgehead atoms. The molecule has 5 heteroatoms. The average Bonchev–Trinajstić information content (AvgIpc) is 2.96. The van der Waals surface area contributed by atoms with E-state index in [0.29, 0.717) is 23.3 Å². The molecule has 0 radical (unpaired) electrons. The Balaban J connectivity index is 1.85. The Morgan fingerprint density at radius 3 is 2.89 bits per heavy atom. The van der Waals surface area contributed by atoms with Gasteiger partial charge in [-0.15, -0.1) is 0 Å². The summed E-state index contributed by atoms with van der Waals surface area (Å²) in [5, 5.41) is 4.06. The van der Waals surface area contributed by atoms with E-state index >= 15 is 0 Å². The van der Waals surface area contributed by atoms with Crippen LogP contribution in [-0.2, 0) is 7.05 Å². The molecule has 2 unspecified atom stereocenters. The van der Waals surface area contributed by atoms with Crippen LogP contribution in [0.5, 0.6) is 0 Å². The molecule has 2 atom stereocenters. The zero-order chi connectivity index (χ0) is 12.7. The van der Waals surface area contributed by atoms with Gasteiger partial charge >= 0.3 is 0 Å². The third-order valence-electron chi connectivity index (χ3n) is 4.47. The van der Waals surface area contributed by atoms with Gasteiger partial charge < -0.3 is 10.6 Å². The van der Waals surface area contributed by atoms with Crippen LogP contribution in [0.2, 0.25) is 0 Å². The molecule has 98 valence electrons. The number of fused-ring (bicyclic) bond motifs is 1. The quantitative estimate of drug-likeness (QED) is 0.817. The first-order chi connectivity index (χ1) is 8.68. The maximum Gasteiger partial charge on any atom is 0.259 e. The summed E-state index contributed by atoms with van der Waals surface area (Å²) in [6.07, 6.45) is 7.66. The molecule has 0 aromatic carbocycles. The third-order valence-corrected chi connectivity index (χ3v) is 4.47. The summed E-state index contributed by atoms with van der Waals surface area (Å²) in [7, 11) is 1.76. The molecule has 0 spiro atoms. The van der Waals surface area contributed by atoms with Crippen molar-refractivity contribution in [3.8, 4) is 0 Å². The Labute approximate surface area is 107 Å². The van der Waals surface area contributed by atoms with Gasteiger partial charge in [0.25, 0.3) is 5.91 Å². The summed E-state index contributed by atoms with van der Waals surface area (Å²) in [5.74, 6) is 1.25. The van der Waals surface area contributed by atoms with Gasteiger partial charge in [0.15, 0.2) is 0 Å². The van der Waals surface area contributed by atoms with Crippen LogP contribution in [0.15, 0.2) is 6.20 Å². The van der Waals surface area contributed by atoms with Gasteiger partial charge in [0.05, 0.1) is 6.20 Å². The molecule has 1 amide bonds. The highest BCUT2D eigenvalue weighted by Crippen LogP contribution is 2.37. The average molecular weight is 248 g/mol. The van der Waals surface area contributed by atoms with Crippen LogP contribution in [-0.4, -0.2) is 33.2 Å². The zero-order valence-corrected chi connectivity index (χ0v) is 10.8. The molecular formula is C13H20N4O. The van der Waals surface area contributed by atoms with Crippen molar-refractivity contribution in [2.24, 2.45) is 13.0 Å². The third kappa shape index (κ3) is 1.69. The number of nitrogens with two attached hydrogens (primary N) is 1. The number of nitrogen functional groups attached to an aromatic ring is 1. The maximum absolute atomic E-state index is 12.6. The lowest BCUT2D eigenvalue weighted by Gasteiger charge is -2.37. The van der Waals surface area contributed by atoms with E-state index in [1.807, 2.05) is 4.90 Å². The smallest absolute Gasteiger partial charge is 0.259 e. The fourth-order valence-corrected chi connectivity index (χ4v) is 3.47. The number of hydrogen-bond donors (Lipinski definition) is 1. The summed E-state index contributed by atoms with van der Waals surface area (Å²) in [5.41, 5.74) is 6.46. The predicted octanol–water partition coefficient (Wildman–Crippen LogP) is 1.41. The van der Waals surface area contributed by atoms with E-state index in [2.05, 4.69) is 5.10 Å². The molecule has 2 fully saturated rings. The monoisotopic (exact) mass is 248 g/mol. The van der Waals surface area contributed by atoms with E-state index in [-0.39, 0.29) is 5.91 Å². The molecule has 2 heterocycles. The number of carbonyl (C=O) groups excluding carboxylic acids is 1. The van der Waals surface area contributed by atoms with E-state index in [4.69, 9.17) is 5.73 Å². The Bertz CT molecular complexity index is 468. The van der Waals surface area contributed by atoms with Crippen molar-refractivity contribution in [3.63, 3.8) is 0 Å². The van der Waals surface area contributed by atoms with E-state index in [9.17, 15) is 4.79 Å². The van der Waals surface area contributed by atoms with Gasteiger partial charge in [0.1, 0.15) is 11.4 Å². The van der Waals surface area contributed by atoms with Crippen molar-refractivity contribution >= 4 is 11.7 Å². The number of hydrogen-bond acceptors (Lipinski definition) is 3. The highest BCUT2D eigenvalue weighted by molar-refractivity contribution is 5.98. The molecule has 2 aliphatic rings.